The summed E-state index contributed by atoms with van der Waals surface area (Å²) in [7, 11) is 0. The number of hydrogen-bond acceptors (Lipinski definition) is 6. The molecule has 0 spiro atoms. The van der Waals surface area contributed by atoms with E-state index in [1.807, 2.05) is 0 Å². The van der Waals surface area contributed by atoms with Gasteiger partial charge in [-0.3, -0.25) is 0 Å². The second-order valence-corrected chi connectivity index (χ2v) is 8.46. The summed E-state index contributed by atoms with van der Waals surface area (Å²) in [4.78, 5) is 0. The molecular formula is C11H24O3S3. The van der Waals surface area contributed by atoms with E-state index < -0.39 is 0 Å². The van der Waals surface area contributed by atoms with Gasteiger partial charge in [0.2, 0.25) is 0 Å². The Kier molecular flexibility index (Phi) is 12.6. The first kappa shape index (κ1) is 17.9. The summed E-state index contributed by atoms with van der Waals surface area (Å²) >= 11 is 5.23. The molecule has 0 aliphatic rings. The summed E-state index contributed by atoms with van der Waals surface area (Å²) in [5.74, 6) is 2.13. The lowest BCUT2D eigenvalue weighted by Gasteiger charge is -2.32. The summed E-state index contributed by atoms with van der Waals surface area (Å²) in [6, 6.07) is 0. The van der Waals surface area contributed by atoms with Gasteiger partial charge in [-0.25, -0.2) is 0 Å². The van der Waals surface area contributed by atoms with Gasteiger partial charge in [0.1, 0.15) is 3.41 Å². The fourth-order valence-corrected chi connectivity index (χ4v) is 5.91. The average molecular weight is 301 g/mol. The van der Waals surface area contributed by atoms with E-state index in [1.54, 1.807) is 35.3 Å². The molecule has 0 aromatic heterocycles. The Hall–Kier alpha value is 0.930. The summed E-state index contributed by atoms with van der Waals surface area (Å²) in [6.45, 7) is 2.70. The van der Waals surface area contributed by atoms with Gasteiger partial charge in [-0.05, 0) is 6.42 Å². The predicted molar refractivity (Wildman–Crippen MR) is 80.9 cm³/mol. The Bertz CT molecular complexity index is 133. The van der Waals surface area contributed by atoms with E-state index in [1.165, 1.54) is 0 Å². The van der Waals surface area contributed by atoms with Crippen molar-refractivity contribution in [3.63, 3.8) is 0 Å². The summed E-state index contributed by atoms with van der Waals surface area (Å²) in [5, 5.41) is 26.9. The minimum atomic E-state index is -0.0236. The van der Waals surface area contributed by atoms with Crippen molar-refractivity contribution in [3.8, 4) is 0 Å². The van der Waals surface area contributed by atoms with Gasteiger partial charge < -0.3 is 15.3 Å². The van der Waals surface area contributed by atoms with Crippen LogP contribution in [0, 0.1) is 0 Å². The summed E-state index contributed by atoms with van der Waals surface area (Å²) in [6.07, 6.45) is 3.32. The van der Waals surface area contributed by atoms with E-state index in [-0.39, 0.29) is 23.2 Å². The topological polar surface area (TPSA) is 60.7 Å². The first-order valence-corrected chi connectivity index (χ1v) is 8.94. The zero-order valence-corrected chi connectivity index (χ0v) is 12.9. The third-order valence-corrected chi connectivity index (χ3v) is 7.29. The van der Waals surface area contributed by atoms with E-state index in [4.69, 9.17) is 15.3 Å². The van der Waals surface area contributed by atoms with Crippen molar-refractivity contribution in [1.82, 2.24) is 0 Å². The number of aliphatic hydroxyl groups excluding tert-OH is 3. The maximum absolute atomic E-state index is 8.97. The third kappa shape index (κ3) is 8.61. The summed E-state index contributed by atoms with van der Waals surface area (Å²) < 4.78 is -0.0236. The maximum Gasteiger partial charge on any atom is 0.107 e. The maximum atomic E-state index is 8.97. The molecule has 17 heavy (non-hydrogen) atoms. The molecule has 0 amide bonds. The van der Waals surface area contributed by atoms with E-state index in [0.717, 1.165) is 19.3 Å². The molecule has 0 aromatic carbocycles. The molecule has 0 saturated carbocycles. The Balaban J connectivity index is 4.39. The average Bonchev–Trinajstić information content (AvgIpc) is 2.37. The van der Waals surface area contributed by atoms with Gasteiger partial charge in [0.15, 0.2) is 0 Å². The largest absolute Gasteiger partial charge is 0.396 e. The molecule has 0 rings (SSSR count). The quantitative estimate of drug-likeness (QED) is 0.479. The minimum Gasteiger partial charge on any atom is -0.396 e. The van der Waals surface area contributed by atoms with Gasteiger partial charge in [-0.1, -0.05) is 19.8 Å². The molecule has 0 fully saturated rings. The highest BCUT2D eigenvalue weighted by Crippen LogP contribution is 2.50. The Morgan fingerprint density at radius 1 is 0.824 bits per heavy atom. The molecule has 0 heterocycles. The van der Waals surface area contributed by atoms with Crippen molar-refractivity contribution in [2.24, 2.45) is 0 Å². The lowest BCUT2D eigenvalue weighted by molar-refractivity contribution is 0.322. The second kappa shape index (κ2) is 12.0. The molecule has 104 valence electrons. The molecule has 0 aliphatic carbocycles. The summed E-state index contributed by atoms with van der Waals surface area (Å²) in [5.41, 5.74) is 0. The van der Waals surface area contributed by atoms with Crippen LogP contribution >= 0.6 is 35.3 Å². The number of thioether (sulfide) groups is 3. The van der Waals surface area contributed by atoms with Crippen LogP contribution in [0.2, 0.25) is 0 Å². The van der Waals surface area contributed by atoms with Crippen molar-refractivity contribution >= 4 is 35.3 Å². The van der Waals surface area contributed by atoms with Crippen molar-refractivity contribution in [2.75, 3.05) is 37.1 Å². The molecule has 0 aromatic rings. The zero-order chi connectivity index (χ0) is 13.0. The van der Waals surface area contributed by atoms with Crippen LogP contribution in [0.5, 0.6) is 0 Å². The van der Waals surface area contributed by atoms with Gasteiger partial charge in [0, 0.05) is 17.3 Å². The normalized spacial score (nSPS) is 12.0. The number of rotatable bonds is 12. The van der Waals surface area contributed by atoms with Crippen LogP contribution in [0.3, 0.4) is 0 Å². The number of unbranched alkanes of at least 4 members (excludes halogenated alkanes) is 1. The van der Waals surface area contributed by atoms with Crippen LogP contribution in [0.25, 0.3) is 0 Å². The molecule has 0 aliphatic heterocycles. The molecular weight excluding hydrogens is 276 g/mol. The van der Waals surface area contributed by atoms with Crippen LogP contribution in [-0.2, 0) is 0 Å². The van der Waals surface area contributed by atoms with Crippen LogP contribution in [-0.4, -0.2) is 55.8 Å². The van der Waals surface area contributed by atoms with Crippen molar-refractivity contribution in [1.29, 1.82) is 0 Å². The van der Waals surface area contributed by atoms with Gasteiger partial charge >= 0.3 is 0 Å². The first-order valence-electron chi connectivity index (χ1n) is 5.99. The van der Waals surface area contributed by atoms with Crippen molar-refractivity contribution < 1.29 is 15.3 Å². The van der Waals surface area contributed by atoms with Gasteiger partial charge in [0.05, 0.1) is 19.8 Å². The number of hydrogen-bond donors (Lipinski definition) is 3. The highest BCUT2D eigenvalue weighted by atomic mass is 32.3. The molecule has 3 N–H and O–H groups in total. The van der Waals surface area contributed by atoms with Gasteiger partial charge in [0.25, 0.3) is 0 Å². The van der Waals surface area contributed by atoms with Crippen molar-refractivity contribution in [3.05, 3.63) is 0 Å². The van der Waals surface area contributed by atoms with Gasteiger partial charge in [-0.2, -0.15) is 0 Å². The Labute approximate surface area is 117 Å². The zero-order valence-electron chi connectivity index (χ0n) is 10.4. The van der Waals surface area contributed by atoms with Crippen LogP contribution in [0.4, 0.5) is 0 Å². The SMILES string of the molecule is CCCCC(SCCO)(SCCO)SCCO. The smallest absolute Gasteiger partial charge is 0.107 e. The number of aliphatic hydroxyl groups is 3. The first-order chi connectivity index (χ1) is 8.24. The molecule has 0 unspecified atom stereocenters. The highest BCUT2D eigenvalue weighted by molar-refractivity contribution is 8.33. The van der Waals surface area contributed by atoms with Crippen molar-refractivity contribution in [2.45, 2.75) is 29.6 Å². The molecule has 0 atom stereocenters. The van der Waals surface area contributed by atoms with Crippen LogP contribution < -0.4 is 0 Å². The minimum absolute atomic E-state index is 0.0236. The highest BCUT2D eigenvalue weighted by Gasteiger charge is 2.30. The lowest BCUT2D eigenvalue weighted by atomic mass is 10.3. The standard InChI is InChI=1S/C11H24O3S3/c1-2-3-4-11(15-8-5-12,16-9-6-13)17-10-7-14/h12-14H,2-10H2,1H3. The molecule has 3 nitrogen and oxygen atoms in total. The van der Waals surface area contributed by atoms with Crippen LogP contribution in [0.1, 0.15) is 26.2 Å². The van der Waals surface area contributed by atoms with Crippen LogP contribution in [0.15, 0.2) is 0 Å². The van der Waals surface area contributed by atoms with E-state index in [2.05, 4.69) is 6.92 Å². The fraction of sp³-hybridized carbons (Fsp3) is 1.00. The van der Waals surface area contributed by atoms with Gasteiger partial charge in [-0.15, -0.1) is 35.3 Å². The van der Waals surface area contributed by atoms with E-state index in [9.17, 15) is 0 Å². The monoisotopic (exact) mass is 300 g/mol. The Morgan fingerprint density at radius 3 is 1.53 bits per heavy atom. The second-order valence-electron chi connectivity index (χ2n) is 3.50. The molecule has 0 bridgehead atoms. The predicted octanol–water partition coefficient (Wildman–Crippen LogP) is 2.01. The lowest BCUT2D eigenvalue weighted by Crippen LogP contribution is -2.20. The Morgan fingerprint density at radius 2 is 1.24 bits per heavy atom. The van der Waals surface area contributed by atoms with E-state index >= 15 is 0 Å². The molecule has 6 heteroatoms. The molecule has 0 saturated heterocycles. The van der Waals surface area contributed by atoms with E-state index in [0.29, 0.717) is 17.3 Å². The fourth-order valence-electron chi connectivity index (χ4n) is 1.34. The molecule has 0 radical (unpaired) electrons. The third-order valence-electron chi connectivity index (χ3n) is 2.08.